The molecule has 0 atom stereocenters. The van der Waals surface area contributed by atoms with Gasteiger partial charge in [0.2, 0.25) is 10.7 Å². The smallest absolute Gasteiger partial charge is 0.337 e. The molecule has 3 N–H and O–H groups in total. The van der Waals surface area contributed by atoms with E-state index in [2.05, 4.69) is 42.1 Å². The van der Waals surface area contributed by atoms with Gasteiger partial charge in [0.05, 0.1) is 12.8 Å². The summed E-state index contributed by atoms with van der Waals surface area (Å²) < 4.78 is 7.98. The van der Waals surface area contributed by atoms with Crippen LogP contribution in [0, 0.1) is 4.77 Å². The minimum atomic E-state index is -0.478. The summed E-state index contributed by atoms with van der Waals surface area (Å²) in [4.78, 5) is 21.6. The second-order valence-electron chi connectivity index (χ2n) is 6.76. The van der Waals surface area contributed by atoms with Crippen molar-refractivity contribution in [3.8, 4) is 22.8 Å². The molecule has 0 radical (unpaired) electrons. The number of halogens is 1. The molecular weight excluding hydrogens is 504 g/mol. The molecule has 0 spiro atoms. The van der Waals surface area contributed by atoms with E-state index in [0.29, 0.717) is 23.2 Å². The van der Waals surface area contributed by atoms with Crippen molar-refractivity contribution in [1.82, 2.24) is 20.0 Å². The lowest BCUT2D eigenvalue weighted by atomic mass is 10.2. The van der Waals surface area contributed by atoms with Crippen molar-refractivity contribution in [3.05, 3.63) is 88.1 Å². The van der Waals surface area contributed by atoms with E-state index in [9.17, 15) is 4.79 Å². The molecule has 0 aliphatic rings. The van der Waals surface area contributed by atoms with Crippen LogP contribution in [0.25, 0.3) is 17.1 Å². The van der Waals surface area contributed by atoms with E-state index in [4.69, 9.17) is 17.0 Å². The number of carbonyl (C=O) groups is 1. The molecular formula is C23H19BrN6O2S. The van der Waals surface area contributed by atoms with Crippen LogP contribution in [-0.4, -0.2) is 27.7 Å². The van der Waals surface area contributed by atoms with Crippen LogP contribution in [0.4, 0.5) is 16.4 Å². The lowest BCUT2D eigenvalue weighted by Crippen LogP contribution is -2.35. The second-order valence-corrected chi connectivity index (χ2v) is 8.04. The summed E-state index contributed by atoms with van der Waals surface area (Å²) in [5, 5.41) is 2.74. The van der Waals surface area contributed by atoms with E-state index in [1.165, 1.54) is 0 Å². The van der Waals surface area contributed by atoms with E-state index in [1.54, 1.807) is 35.9 Å². The molecule has 0 aliphatic heterocycles. The minimum absolute atomic E-state index is 0.283. The number of methoxy groups -OCH3 is 1. The number of nitrogens with zero attached hydrogens (tertiary/aromatic N) is 3. The summed E-state index contributed by atoms with van der Waals surface area (Å²) in [6, 6.07) is 23.5. The first-order valence-electron chi connectivity index (χ1n) is 9.83. The predicted molar refractivity (Wildman–Crippen MR) is 134 cm³/mol. The van der Waals surface area contributed by atoms with Gasteiger partial charge in [-0.05, 0) is 60.7 Å². The van der Waals surface area contributed by atoms with Gasteiger partial charge in [0.1, 0.15) is 5.75 Å². The number of urea groups is 1. The summed E-state index contributed by atoms with van der Waals surface area (Å²) in [6.45, 7) is 0. The lowest BCUT2D eigenvalue weighted by Gasteiger charge is -2.16. The summed E-state index contributed by atoms with van der Waals surface area (Å²) >= 11 is 9.00. The van der Waals surface area contributed by atoms with Gasteiger partial charge in [0.25, 0.3) is 0 Å². The van der Waals surface area contributed by atoms with Gasteiger partial charge < -0.3 is 10.1 Å². The fourth-order valence-electron chi connectivity index (χ4n) is 2.98. The molecule has 0 fully saturated rings. The Bertz CT molecular complexity index is 1310. The average Bonchev–Trinajstić information content (AvgIpc) is 2.84. The molecule has 4 aromatic rings. The molecule has 3 aromatic carbocycles. The molecule has 0 bridgehead atoms. The van der Waals surface area contributed by atoms with E-state index < -0.39 is 6.03 Å². The number of benzene rings is 3. The van der Waals surface area contributed by atoms with Gasteiger partial charge in [0.15, 0.2) is 5.82 Å². The standard InChI is InChI=1S/C23H19BrN6O2S/c1-32-19-13-9-17(10-14-19)25-22(31)29-28-21-26-20(15-5-3-2-4-6-15)27-23(33)30(21)18-11-7-16(24)8-12-18/h2-14H,1H3,(H2,25,29,31)(H,26,27,28,33). The Kier molecular flexibility index (Phi) is 6.96. The Hall–Kier alpha value is -3.76. The molecule has 0 aliphatic carbocycles. The number of anilines is 2. The zero-order valence-electron chi connectivity index (χ0n) is 17.4. The second kappa shape index (κ2) is 10.2. The Morgan fingerprint density at radius 3 is 2.33 bits per heavy atom. The summed E-state index contributed by atoms with van der Waals surface area (Å²) in [6.07, 6.45) is 0. The molecule has 33 heavy (non-hydrogen) atoms. The van der Waals surface area contributed by atoms with Crippen LogP contribution < -0.4 is 20.9 Å². The zero-order chi connectivity index (χ0) is 23.2. The Morgan fingerprint density at radius 2 is 1.67 bits per heavy atom. The zero-order valence-corrected chi connectivity index (χ0v) is 19.9. The van der Waals surface area contributed by atoms with E-state index >= 15 is 0 Å². The number of hydrogen-bond donors (Lipinski definition) is 3. The highest BCUT2D eigenvalue weighted by Crippen LogP contribution is 2.21. The molecule has 166 valence electrons. The van der Waals surface area contributed by atoms with Crippen molar-refractivity contribution in [2.24, 2.45) is 0 Å². The van der Waals surface area contributed by atoms with Crippen LogP contribution >= 0.6 is 28.1 Å². The van der Waals surface area contributed by atoms with Crippen LogP contribution in [0.3, 0.4) is 0 Å². The van der Waals surface area contributed by atoms with Crippen LogP contribution in [0.15, 0.2) is 83.3 Å². The first-order chi connectivity index (χ1) is 16.0. The summed E-state index contributed by atoms with van der Waals surface area (Å²) in [5.41, 5.74) is 7.62. The monoisotopic (exact) mass is 522 g/mol. The van der Waals surface area contributed by atoms with Gasteiger partial charge in [-0.15, -0.1) is 0 Å². The Labute approximate surface area is 203 Å². The highest BCUT2D eigenvalue weighted by molar-refractivity contribution is 9.10. The van der Waals surface area contributed by atoms with Crippen LogP contribution in [0.1, 0.15) is 0 Å². The minimum Gasteiger partial charge on any atom is -0.497 e. The van der Waals surface area contributed by atoms with Gasteiger partial charge in [0, 0.05) is 15.7 Å². The van der Waals surface area contributed by atoms with Crippen LogP contribution in [0.2, 0.25) is 0 Å². The fourth-order valence-corrected chi connectivity index (χ4v) is 3.52. The number of rotatable bonds is 6. The molecule has 1 heterocycles. The number of carbonyl (C=O) groups excluding carboxylic acids is 1. The van der Waals surface area contributed by atoms with Crippen molar-refractivity contribution in [1.29, 1.82) is 0 Å². The maximum atomic E-state index is 12.5. The van der Waals surface area contributed by atoms with Gasteiger partial charge in [-0.1, -0.05) is 46.3 Å². The van der Waals surface area contributed by atoms with Crippen molar-refractivity contribution < 1.29 is 9.53 Å². The molecule has 8 nitrogen and oxygen atoms in total. The van der Waals surface area contributed by atoms with E-state index in [1.807, 2.05) is 54.6 Å². The predicted octanol–water partition coefficient (Wildman–Crippen LogP) is 5.58. The van der Waals surface area contributed by atoms with E-state index in [-0.39, 0.29) is 4.77 Å². The molecule has 4 rings (SSSR count). The number of amides is 2. The third-order valence-electron chi connectivity index (χ3n) is 4.57. The Morgan fingerprint density at radius 1 is 0.970 bits per heavy atom. The highest BCUT2D eigenvalue weighted by atomic mass is 79.9. The van der Waals surface area contributed by atoms with Gasteiger partial charge in [-0.3, -0.25) is 9.99 Å². The lowest BCUT2D eigenvalue weighted by molar-refractivity contribution is 0.253. The van der Waals surface area contributed by atoms with Gasteiger partial charge in [-0.2, -0.15) is 9.97 Å². The number of ether oxygens (including phenoxy) is 1. The number of hydrazine groups is 1. The van der Waals surface area contributed by atoms with Gasteiger partial charge in [-0.25, -0.2) is 10.2 Å². The summed E-state index contributed by atoms with van der Waals surface area (Å²) in [5.74, 6) is 1.44. The largest absolute Gasteiger partial charge is 0.497 e. The normalized spacial score (nSPS) is 10.4. The number of nitrogens with one attached hydrogen (secondary N) is 3. The average molecular weight is 523 g/mol. The molecule has 1 aromatic heterocycles. The first kappa shape index (κ1) is 22.4. The molecule has 10 heteroatoms. The molecule has 0 saturated carbocycles. The summed E-state index contributed by atoms with van der Waals surface area (Å²) in [7, 11) is 1.58. The molecule has 0 saturated heterocycles. The number of aromatic nitrogens is 3. The van der Waals surface area contributed by atoms with E-state index in [0.717, 1.165) is 15.7 Å². The Balaban J connectivity index is 1.62. The van der Waals surface area contributed by atoms with Gasteiger partial charge >= 0.3 is 6.03 Å². The molecule has 2 amide bonds. The fraction of sp³-hybridized carbons (Fsp3) is 0.0435. The molecule has 0 unspecified atom stereocenters. The maximum Gasteiger partial charge on any atom is 0.337 e. The van der Waals surface area contributed by atoms with Crippen molar-refractivity contribution >= 4 is 45.8 Å². The maximum absolute atomic E-state index is 12.5. The number of hydrogen-bond acceptors (Lipinski definition) is 6. The quantitative estimate of drug-likeness (QED) is 0.226. The van der Waals surface area contributed by atoms with Crippen molar-refractivity contribution in [2.45, 2.75) is 0 Å². The first-order valence-corrected chi connectivity index (χ1v) is 11.0. The third kappa shape index (κ3) is 5.54. The highest BCUT2D eigenvalue weighted by Gasteiger charge is 2.13. The third-order valence-corrected chi connectivity index (χ3v) is 5.37. The van der Waals surface area contributed by atoms with Crippen LogP contribution in [-0.2, 0) is 0 Å². The van der Waals surface area contributed by atoms with Crippen LogP contribution in [0.5, 0.6) is 5.75 Å². The van der Waals surface area contributed by atoms with Crippen molar-refractivity contribution in [2.75, 3.05) is 17.9 Å². The SMILES string of the molecule is COc1ccc(NC(=O)NNc2nc(-c3ccccc3)nc(=S)n2-c2ccc(Br)cc2)cc1. The topological polar surface area (TPSA) is 93.1 Å². The van der Waals surface area contributed by atoms with Crippen molar-refractivity contribution in [3.63, 3.8) is 0 Å².